The number of ether oxygens (including phenoxy) is 1. The lowest BCUT2D eigenvalue weighted by Gasteiger charge is -2.12. The van der Waals surface area contributed by atoms with Crippen LogP contribution < -0.4 is 15.8 Å². The summed E-state index contributed by atoms with van der Waals surface area (Å²) in [4.78, 5) is 4.02. The van der Waals surface area contributed by atoms with E-state index in [0.717, 1.165) is 0 Å². The van der Waals surface area contributed by atoms with Crippen molar-refractivity contribution in [1.82, 2.24) is 4.98 Å². The predicted molar refractivity (Wildman–Crippen MR) is 72.8 cm³/mol. The molecule has 0 aliphatic heterocycles. The van der Waals surface area contributed by atoms with E-state index in [1.807, 2.05) is 0 Å². The largest absolute Gasteiger partial charge is 0.573 e. The highest BCUT2D eigenvalue weighted by molar-refractivity contribution is 9.10. The molecule has 0 spiro atoms. The maximum Gasteiger partial charge on any atom is 0.573 e. The van der Waals surface area contributed by atoms with Crippen molar-refractivity contribution in [2.45, 2.75) is 6.36 Å². The quantitative estimate of drug-likeness (QED) is 0.878. The van der Waals surface area contributed by atoms with Crippen molar-refractivity contribution >= 4 is 33.3 Å². The molecule has 0 aliphatic carbocycles. The van der Waals surface area contributed by atoms with Gasteiger partial charge in [0.15, 0.2) is 0 Å². The van der Waals surface area contributed by atoms with Crippen LogP contribution >= 0.6 is 15.9 Å². The van der Waals surface area contributed by atoms with E-state index in [0.29, 0.717) is 17.3 Å². The van der Waals surface area contributed by atoms with Crippen LogP contribution in [0.15, 0.2) is 40.9 Å². The number of nitrogens with two attached hydrogens (primary N) is 1. The average Bonchev–Trinajstić information content (AvgIpc) is 2.31. The Morgan fingerprint density at radius 1 is 1.20 bits per heavy atom. The standard InChI is InChI=1S/C12H9BrF3N3O/c13-8-6-7(4-5-9(8)20-12(14,15)16)18-11-3-1-2-10(17)19-11/h1-6H,(H3,17,18,19). The highest BCUT2D eigenvalue weighted by Gasteiger charge is 2.31. The molecule has 0 aliphatic rings. The van der Waals surface area contributed by atoms with Gasteiger partial charge in [-0.15, -0.1) is 13.2 Å². The van der Waals surface area contributed by atoms with Crippen molar-refractivity contribution in [3.8, 4) is 5.75 Å². The molecule has 0 fully saturated rings. The van der Waals surface area contributed by atoms with E-state index in [1.54, 1.807) is 18.2 Å². The molecule has 0 saturated carbocycles. The molecule has 3 N–H and O–H groups in total. The Hall–Kier alpha value is -1.96. The van der Waals surface area contributed by atoms with Crippen molar-refractivity contribution in [3.63, 3.8) is 0 Å². The minimum absolute atomic E-state index is 0.170. The number of hydrogen-bond donors (Lipinski definition) is 2. The SMILES string of the molecule is Nc1cccc(Nc2ccc(OC(F)(F)F)c(Br)c2)n1. The molecule has 2 aromatic rings. The summed E-state index contributed by atoms with van der Waals surface area (Å²) in [6, 6.07) is 9.11. The minimum atomic E-state index is -4.73. The number of alkyl halides is 3. The predicted octanol–water partition coefficient (Wildman–Crippen LogP) is 4.07. The molecule has 1 aromatic heterocycles. The number of rotatable bonds is 3. The van der Waals surface area contributed by atoms with Gasteiger partial charge in [-0.1, -0.05) is 6.07 Å². The molecule has 0 atom stereocenters. The fraction of sp³-hybridized carbons (Fsp3) is 0.0833. The first-order valence-electron chi connectivity index (χ1n) is 5.38. The van der Waals surface area contributed by atoms with Crippen molar-refractivity contribution in [3.05, 3.63) is 40.9 Å². The Morgan fingerprint density at radius 3 is 2.55 bits per heavy atom. The first kappa shape index (κ1) is 14.4. The molecule has 0 unspecified atom stereocenters. The van der Waals surface area contributed by atoms with Crippen LogP contribution in [-0.4, -0.2) is 11.3 Å². The molecule has 20 heavy (non-hydrogen) atoms. The highest BCUT2D eigenvalue weighted by Crippen LogP contribution is 2.33. The molecule has 0 saturated heterocycles. The Labute approximate surface area is 120 Å². The Kier molecular flexibility index (Phi) is 4.03. The van der Waals surface area contributed by atoms with Gasteiger partial charge < -0.3 is 15.8 Å². The van der Waals surface area contributed by atoms with E-state index in [2.05, 4.69) is 31.0 Å². The van der Waals surface area contributed by atoms with Crippen LogP contribution in [0.2, 0.25) is 0 Å². The van der Waals surface area contributed by atoms with E-state index >= 15 is 0 Å². The van der Waals surface area contributed by atoms with Crippen molar-refractivity contribution < 1.29 is 17.9 Å². The van der Waals surface area contributed by atoms with E-state index in [4.69, 9.17) is 5.73 Å². The van der Waals surface area contributed by atoms with Crippen molar-refractivity contribution in [2.75, 3.05) is 11.1 Å². The monoisotopic (exact) mass is 347 g/mol. The van der Waals surface area contributed by atoms with E-state index < -0.39 is 6.36 Å². The van der Waals surface area contributed by atoms with Gasteiger partial charge in [-0.25, -0.2) is 4.98 Å². The maximum atomic E-state index is 12.1. The maximum absolute atomic E-state index is 12.1. The summed E-state index contributed by atoms with van der Waals surface area (Å²) in [6.07, 6.45) is -4.73. The molecular formula is C12H9BrF3N3O. The summed E-state index contributed by atoms with van der Waals surface area (Å²) in [5.41, 5.74) is 6.08. The lowest BCUT2D eigenvalue weighted by Crippen LogP contribution is -2.17. The number of halogens is 4. The minimum Gasteiger partial charge on any atom is -0.405 e. The Bertz CT molecular complexity index is 619. The highest BCUT2D eigenvalue weighted by atomic mass is 79.9. The third-order valence-corrected chi connectivity index (χ3v) is 2.82. The van der Waals surface area contributed by atoms with Gasteiger partial charge in [-0.3, -0.25) is 0 Å². The van der Waals surface area contributed by atoms with Gasteiger partial charge in [0.1, 0.15) is 17.4 Å². The molecule has 2 rings (SSSR count). The second-order valence-electron chi connectivity index (χ2n) is 3.77. The van der Waals surface area contributed by atoms with Gasteiger partial charge in [0.2, 0.25) is 0 Å². The smallest absolute Gasteiger partial charge is 0.405 e. The van der Waals surface area contributed by atoms with Gasteiger partial charge in [-0.2, -0.15) is 0 Å². The molecule has 0 radical (unpaired) electrons. The molecule has 0 bridgehead atoms. The number of hydrogen-bond acceptors (Lipinski definition) is 4. The first-order chi connectivity index (χ1) is 9.33. The lowest BCUT2D eigenvalue weighted by atomic mass is 10.3. The van der Waals surface area contributed by atoms with Gasteiger partial charge in [-0.05, 0) is 46.3 Å². The Morgan fingerprint density at radius 2 is 1.95 bits per heavy atom. The number of anilines is 3. The molecular weight excluding hydrogens is 339 g/mol. The topological polar surface area (TPSA) is 60.2 Å². The molecule has 1 aromatic carbocycles. The normalized spacial score (nSPS) is 11.2. The van der Waals surface area contributed by atoms with Gasteiger partial charge >= 0.3 is 6.36 Å². The van der Waals surface area contributed by atoms with Crippen LogP contribution in [0.4, 0.5) is 30.5 Å². The number of nitrogens with one attached hydrogen (secondary N) is 1. The third kappa shape index (κ3) is 4.02. The Balaban J connectivity index is 2.17. The van der Waals surface area contributed by atoms with Crippen LogP contribution in [-0.2, 0) is 0 Å². The second-order valence-corrected chi connectivity index (χ2v) is 4.62. The van der Waals surface area contributed by atoms with Gasteiger partial charge in [0, 0.05) is 5.69 Å². The first-order valence-corrected chi connectivity index (χ1v) is 6.18. The number of nitrogens with zero attached hydrogens (tertiary/aromatic N) is 1. The van der Waals surface area contributed by atoms with Gasteiger partial charge in [0.25, 0.3) is 0 Å². The van der Waals surface area contributed by atoms with E-state index in [1.165, 1.54) is 18.2 Å². The van der Waals surface area contributed by atoms with Crippen molar-refractivity contribution in [2.24, 2.45) is 0 Å². The van der Waals surface area contributed by atoms with E-state index in [9.17, 15) is 13.2 Å². The lowest BCUT2D eigenvalue weighted by molar-refractivity contribution is -0.274. The fourth-order valence-corrected chi connectivity index (χ4v) is 1.91. The fourth-order valence-electron chi connectivity index (χ4n) is 1.46. The number of benzene rings is 1. The summed E-state index contributed by atoms with van der Waals surface area (Å²) in [5.74, 6) is 0.510. The summed E-state index contributed by atoms with van der Waals surface area (Å²) in [6.45, 7) is 0. The zero-order valence-electron chi connectivity index (χ0n) is 9.91. The van der Waals surface area contributed by atoms with Crippen LogP contribution in [0.1, 0.15) is 0 Å². The number of aromatic nitrogens is 1. The molecule has 1 heterocycles. The summed E-state index contributed by atoms with van der Waals surface area (Å²) in [5, 5.41) is 2.92. The van der Waals surface area contributed by atoms with Crippen LogP contribution in [0.5, 0.6) is 5.75 Å². The number of nitrogen functional groups attached to an aromatic ring is 1. The van der Waals surface area contributed by atoms with Gasteiger partial charge in [0.05, 0.1) is 4.47 Å². The summed E-state index contributed by atoms with van der Waals surface area (Å²) in [7, 11) is 0. The molecule has 8 heteroatoms. The summed E-state index contributed by atoms with van der Waals surface area (Å²) < 4.78 is 40.4. The summed E-state index contributed by atoms with van der Waals surface area (Å²) >= 11 is 3.02. The second kappa shape index (κ2) is 5.58. The average molecular weight is 348 g/mol. The van der Waals surface area contributed by atoms with Crippen LogP contribution in [0.3, 0.4) is 0 Å². The molecule has 0 amide bonds. The van der Waals surface area contributed by atoms with Crippen molar-refractivity contribution in [1.29, 1.82) is 0 Å². The van der Waals surface area contributed by atoms with Crippen LogP contribution in [0, 0.1) is 0 Å². The zero-order valence-corrected chi connectivity index (χ0v) is 11.5. The van der Waals surface area contributed by atoms with E-state index in [-0.39, 0.29) is 10.2 Å². The zero-order chi connectivity index (χ0) is 14.8. The third-order valence-electron chi connectivity index (χ3n) is 2.20. The number of pyridine rings is 1. The molecule has 4 nitrogen and oxygen atoms in total. The molecule has 106 valence electrons. The van der Waals surface area contributed by atoms with Crippen LogP contribution in [0.25, 0.3) is 0 Å².